The number of carbonyl (C=O) groups excluding carboxylic acids is 1. The lowest BCUT2D eigenvalue weighted by Gasteiger charge is -2.35. The Labute approximate surface area is 187 Å². The van der Waals surface area contributed by atoms with Crippen LogP contribution in [0.25, 0.3) is 0 Å². The number of fused-ring (bicyclic) bond motifs is 1. The van der Waals surface area contributed by atoms with Crippen LogP contribution in [0.2, 0.25) is 0 Å². The number of ether oxygens (including phenoxy) is 2. The van der Waals surface area contributed by atoms with Gasteiger partial charge in [0.05, 0.1) is 30.3 Å². The Morgan fingerprint density at radius 1 is 1.03 bits per heavy atom. The molecule has 0 radical (unpaired) electrons. The van der Waals surface area contributed by atoms with Gasteiger partial charge in [0.25, 0.3) is 15.9 Å². The van der Waals surface area contributed by atoms with Gasteiger partial charge in [-0.3, -0.25) is 9.10 Å². The van der Waals surface area contributed by atoms with Crippen LogP contribution in [0.3, 0.4) is 0 Å². The summed E-state index contributed by atoms with van der Waals surface area (Å²) >= 11 is 0. The van der Waals surface area contributed by atoms with Crippen molar-refractivity contribution in [2.75, 3.05) is 18.0 Å². The molecule has 8 heteroatoms. The van der Waals surface area contributed by atoms with Crippen molar-refractivity contribution >= 4 is 21.6 Å². The molecule has 0 aromatic heterocycles. The molecular formula is C24H24N2O5S. The van der Waals surface area contributed by atoms with Crippen LogP contribution in [0.4, 0.5) is 5.69 Å². The van der Waals surface area contributed by atoms with E-state index in [2.05, 4.69) is 5.32 Å². The van der Waals surface area contributed by atoms with Gasteiger partial charge in [-0.25, -0.2) is 8.42 Å². The summed E-state index contributed by atoms with van der Waals surface area (Å²) in [5.74, 6) is 0.581. The van der Waals surface area contributed by atoms with Crippen LogP contribution >= 0.6 is 0 Å². The van der Waals surface area contributed by atoms with Crippen LogP contribution in [0.15, 0.2) is 83.8 Å². The fourth-order valence-corrected chi connectivity index (χ4v) is 5.19. The topological polar surface area (TPSA) is 84.9 Å². The number of para-hydroxylation sites is 3. The number of hydrogen-bond acceptors (Lipinski definition) is 5. The number of nitrogens with one attached hydrogen (secondary N) is 1. The van der Waals surface area contributed by atoms with E-state index in [4.69, 9.17) is 9.47 Å². The van der Waals surface area contributed by atoms with Gasteiger partial charge in [0, 0.05) is 5.56 Å². The lowest BCUT2D eigenvalue weighted by atomic mass is 10.1. The fraction of sp³-hybridized carbons (Fsp3) is 0.208. The Morgan fingerprint density at radius 2 is 1.69 bits per heavy atom. The third kappa shape index (κ3) is 4.13. The molecule has 1 N–H and O–H groups in total. The van der Waals surface area contributed by atoms with Crippen molar-refractivity contribution in [2.24, 2.45) is 0 Å². The first-order valence-electron chi connectivity index (χ1n) is 10.2. The zero-order chi connectivity index (χ0) is 22.7. The number of nitrogens with zero attached hydrogens (tertiary/aromatic N) is 1. The molecule has 2 atom stereocenters. The highest BCUT2D eigenvalue weighted by molar-refractivity contribution is 7.92. The number of rotatable bonds is 6. The summed E-state index contributed by atoms with van der Waals surface area (Å²) < 4.78 is 39.2. The molecule has 166 valence electrons. The molecular weight excluding hydrogens is 428 g/mol. The van der Waals surface area contributed by atoms with E-state index in [1.54, 1.807) is 49.6 Å². The Bertz CT molecular complexity index is 1210. The SMILES string of the molecule is COc1ccccc1[C@@H](C)NC(=O)[C@@H]1CN(S(=O)(=O)c2ccccc2)c2ccccc2O1. The monoisotopic (exact) mass is 452 g/mol. The van der Waals surface area contributed by atoms with Gasteiger partial charge in [-0.15, -0.1) is 0 Å². The van der Waals surface area contributed by atoms with Gasteiger partial charge >= 0.3 is 0 Å². The van der Waals surface area contributed by atoms with Crippen LogP contribution in [0.1, 0.15) is 18.5 Å². The van der Waals surface area contributed by atoms with Crippen molar-refractivity contribution in [3.8, 4) is 11.5 Å². The molecule has 0 bridgehead atoms. The molecule has 3 aromatic rings. The maximum atomic E-state index is 13.4. The van der Waals surface area contributed by atoms with Gasteiger partial charge < -0.3 is 14.8 Å². The molecule has 1 aliphatic heterocycles. The third-order valence-corrected chi connectivity index (χ3v) is 7.12. The van der Waals surface area contributed by atoms with Gasteiger partial charge in [0.1, 0.15) is 11.5 Å². The summed E-state index contributed by atoms with van der Waals surface area (Å²) in [6, 6.07) is 22.0. The second-order valence-corrected chi connectivity index (χ2v) is 9.26. The van der Waals surface area contributed by atoms with Crippen LogP contribution < -0.4 is 19.1 Å². The van der Waals surface area contributed by atoms with E-state index < -0.39 is 22.0 Å². The van der Waals surface area contributed by atoms with E-state index in [0.717, 1.165) is 5.56 Å². The predicted molar refractivity (Wildman–Crippen MR) is 121 cm³/mol. The highest BCUT2D eigenvalue weighted by Crippen LogP contribution is 2.37. The lowest BCUT2D eigenvalue weighted by Crippen LogP contribution is -2.51. The number of benzene rings is 3. The summed E-state index contributed by atoms with van der Waals surface area (Å²) in [5, 5.41) is 2.92. The first kappa shape index (κ1) is 21.7. The number of hydrogen-bond donors (Lipinski definition) is 1. The van der Waals surface area contributed by atoms with Gasteiger partial charge in [0.15, 0.2) is 6.10 Å². The van der Waals surface area contributed by atoms with Gasteiger partial charge in [-0.1, -0.05) is 48.5 Å². The number of sulfonamides is 1. The first-order valence-corrected chi connectivity index (χ1v) is 11.6. The van der Waals surface area contributed by atoms with E-state index >= 15 is 0 Å². The molecule has 32 heavy (non-hydrogen) atoms. The molecule has 0 saturated carbocycles. The second kappa shape index (κ2) is 8.92. The van der Waals surface area contributed by atoms with E-state index in [9.17, 15) is 13.2 Å². The van der Waals surface area contributed by atoms with Crippen LogP contribution in [-0.2, 0) is 14.8 Å². The molecule has 7 nitrogen and oxygen atoms in total. The lowest BCUT2D eigenvalue weighted by molar-refractivity contribution is -0.128. The quantitative estimate of drug-likeness (QED) is 0.619. The first-order chi connectivity index (χ1) is 15.4. The molecule has 0 unspecified atom stereocenters. The zero-order valence-corrected chi connectivity index (χ0v) is 18.6. The predicted octanol–water partition coefficient (Wildman–Crippen LogP) is 3.53. The largest absolute Gasteiger partial charge is 0.496 e. The highest BCUT2D eigenvalue weighted by atomic mass is 32.2. The van der Waals surface area contributed by atoms with Crippen molar-refractivity contribution in [1.82, 2.24) is 5.32 Å². The average Bonchev–Trinajstić information content (AvgIpc) is 2.83. The Kier molecular flexibility index (Phi) is 6.05. The van der Waals surface area contributed by atoms with Crippen LogP contribution in [0, 0.1) is 0 Å². The maximum absolute atomic E-state index is 13.4. The van der Waals surface area contributed by atoms with E-state index in [-0.39, 0.29) is 17.5 Å². The van der Waals surface area contributed by atoms with Gasteiger partial charge in [0.2, 0.25) is 0 Å². The average molecular weight is 453 g/mol. The standard InChI is InChI=1S/C24H24N2O5S/c1-17(19-12-6-8-14-21(19)30-2)25-24(27)23-16-26(20-13-7-9-15-22(20)31-23)32(28,29)18-10-4-3-5-11-18/h3-15,17,23H,16H2,1-2H3,(H,25,27)/t17-,23+/m1/s1. The Balaban J connectivity index is 1.62. The van der Waals surface area contributed by atoms with Crippen LogP contribution in [0.5, 0.6) is 11.5 Å². The number of methoxy groups -OCH3 is 1. The minimum absolute atomic E-state index is 0.140. The molecule has 4 rings (SSSR count). The smallest absolute Gasteiger partial charge is 0.264 e. The second-order valence-electron chi connectivity index (χ2n) is 7.40. The molecule has 0 spiro atoms. The summed E-state index contributed by atoms with van der Waals surface area (Å²) in [7, 11) is -2.31. The van der Waals surface area contributed by atoms with E-state index in [0.29, 0.717) is 17.2 Å². The van der Waals surface area contributed by atoms with Crippen molar-refractivity contribution in [1.29, 1.82) is 0 Å². The van der Waals surface area contributed by atoms with E-state index in [1.807, 2.05) is 31.2 Å². The molecule has 3 aromatic carbocycles. The maximum Gasteiger partial charge on any atom is 0.264 e. The van der Waals surface area contributed by atoms with Crippen molar-refractivity contribution in [3.05, 3.63) is 84.4 Å². The molecule has 0 fully saturated rings. The summed E-state index contributed by atoms with van der Waals surface area (Å²) in [6.07, 6.45) is -1.01. The Hall–Kier alpha value is -3.52. The molecule has 1 heterocycles. The molecule has 0 saturated heterocycles. The third-order valence-electron chi connectivity index (χ3n) is 5.32. The minimum atomic E-state index is -3.88. The number of carbonyl (C=O) groups is 1. The van der Waals surface area contributed by atoms with Crippen molar-refractivity contribution in [3.63, 3.8) is 0 Å². The minimum Gasteiger partial charge on any atom is -0.496 e. The normalized spacial score (nSPS) is 16.4. The summed E-state index contributed by atoms with van der Waals surface area (Å²) in [5.41, 5.74) is 1.21. The Morgan fingerprint density at radius 3 is 2.44 bits per heavy atom. The van der Waals surface area contributed by atoms with Gasteiger partial charge in [-0.05, 0) is 37.3 Å². The van der Waals surface area contributed by atoms with E-state index in [1.165, 1.54) is 16.4 Å². The number of amides is 1. The van der Waals surface area contributed by atoms with Gasteiger partial charge in [-0.2, -0.15) is 0 Å². The molecule has 0 aliphatic carbocycles. The van der Waals surface area contributed by atoms with Crippen LogP contribution in [-0.4, -0.2) is 34.1 Å². The fourth-order valence-electron chi connectivity index (χ4n) is 3.69. The highest BCUT2D eigenvalue weighted by Gasteiger charge is 2.37. The summed E-state index contributed by atoms with van der Waals surface area (Å²) in [6.45, 7) is 1.70. The number of anilines is 1. The molecule has 1 aliphatic rings. The molecule has 1 amide bonds. The summed E-state index contributed by atoms with van der Waals surface area (Å²) in [4.78, 5) is 13.3. The zero-order valence-electron chi connectivity index (χ0n) is 17.8. The van der Waals surface area contributed by atoms with Crippen molar-refractivity contribution < 1.29 is 22.7 Å². The van der Waals surface area contributed by atoms with Crippen molar-refractivity contribution in [2.45, 2.75) is 24.0 Å².